The first-order valence-corrected chi connectivity index (χ1v) is 7.57. The number of carbonyl (C=O) groups excluding carboxylic acids is 2. The van der Waals surface area contributed by atoms with E-state index in [1.807, 2.05) is 0 Å². The van der Waals surface area contributed by atoms with Gasteiger partial charge in [0, 0.05) is 12.8 Å². The van der Waals surface area contributed by atoms with Crippen molar-refractivity contribution >= 4 is 17.5 Å². The fourth-order valence-corrected chi connectivity index (χ4v) is 2.56. The number of carbonyl (C=O) groups is 2. The van der Waals surface area contributed by atoms with Gasteiger partial charge in [0.1, 0.15) is 23.4 Å². The number of aliphatic imine (C=N–C) groups is 1. The summed E-state index contributed by atoms with van der Waals surface area (Å²) in [6.07, 6.45) is 0.180. The first-order valence-electron chi connectivity index (χ1n) is 7.57. The quantitative estimate of drug-likeness (QED) is 0.684. The summed E-state index contributed by atoms with van der Waals surface area (Å²) in [7, 11) is 0. The van der Waals surface area contributed by atoms with Crippen LogP contribution in [0.4, 0.5) is 8.78 Å². The van der Waals surface area contributed by atoms with E-state index in [9.17, 15) is 23.6 Å². The second-order valence-corrected chi connectivity index (χ2v) is 5.68. The van der Waals surface area contributed by atoms with Gasteiger partial charge in [-0.15, -0.1) is 5.06 Å². The molecule has 1 aliphatic heterocycles. The predicted octanol–water partition coefficient (Wildman–Crippen LogP) is 2.32. The van der Waals surface area contributed by atoms with Crippen molar-refractivity contribution < 1.29 is 23.6 Å². The molecule has 0 bridgehead atoms. The van der Waals surface area contributed by atoms with E-state index in [1.165, 1.54) is 48.5 Å². The number of amides is 2. The Morgan fingerprint density at radius 3 is 2.00 bits per heavy atom. The van der Waals surface area contributed by atoms with Gasteiger partial charge in [-0.25, -0.2) is 8.78 Å². The van der Waals surface area contributed by atoms with Gasteiger partial charge in [-0.1, -0.05) is 24.3 Å². The molecule has 1 heterocycles. The summed E-state index contributed by atoms with van der Waals surface area (Å²) in [5.41, 5.74) is 1.27. The third kappa shape index (κ3) is 3.77. The molecular formula is C18H14F2N2O3. The van der Waals surface area contributed by atoms with Crippen LogP contribution >= 0.6 is 0 Å². The zero-order chi connectivity index (χ0) is 18.0. The van der Waals surface area contributed by atoms with E-state index in [0.717, 1.165) is 0 Å². The molecule has 0 saturated carbocycles. The van der Waals surface area contributed by atoms with Gasteiger partial charge in [-0.05, 0) is 35.4 Å². The van der Waals surface area contributed by atoms with Crippen LogP contribution < -0.4 is 0 Å². The molecule has 0 aromatic heterocycles. The van der Waals surface area contributed by atoms with E-state index in [4.69, 9.17) is 0 Å². The van der Waals surface area contributed by atoms with E-state index >= 15 is 0 Å². The van der Waals surface area contributed by atoms with E-state index in [0.29, 0.717) is 11.1 Å². The van der Waals surface area contributed by atoms with Crippen molar-refractivity contribution in [2.75, 3.05) is 0 Å². The summed E-state index contributed by atoms with van der Waals surface area (Å²) < 4.78 is 25.9. The van der Waals surface area contributed by atoms with Gasteiger partial charge in [0.05, 0.1) is 0 Å². The Bertz CT molecular complexity index is 832. The maximum absolute atomic E-state index is 13.0. The first-order chi connectivity index (χ1) is 11.9. The summed E-state index contributed by atoms with van der Waals surface area (Å²) in [5.74, 6) is -2.55. The van der Waals surface area contributed by atoms with Crippen LogP contribution in [0.25, 0.3) is 0 Å². The van der Waals surface area contributed by atoms with Crippen molar-refractivity contribution in [2.24, 2.45) is 4.99 Å². The number of benzene rings is 2. The maximum atomic E-state index is 13.0. The van der Waals surface area contributed by atoms with E-state index in [1.54, 1.807) is 0 Å². The maximum Gasteiger partial charge on any atom is 0.298 e. The molecule has 2 aromatic rings. The lowest BCUT2D eigenvalue weighted by Crippen LogP contribution is -2.49. The minimum atomic E-state index is -0.983. The molecule has 1 N–H and O–H groups in total. The summed E-state index contributed by atoms with van der Waals surface area (Å²) >= 11 is 0. The monoisotopic (exact) mass is 344 g/mol. The number of halogens is 2. The van der Waals surface area contributed by atoms with Crippen LogP contribution in [0.15, 0.2) is 53.5 Å². The highest BCUT2D eigenvalue weighted by Crippen LogP contribution is 2.16. The Balaban J connectivity index is 1.84. The Labute approximate surface area is 142 Å². The van der Waals surface area contributed by atoms with Crippen LogP contribution in [0.1, 0.15) is 11.1 Å². The smallest absolute Gasteiger partial charge is 0.278 e. The molecule has 3 rings (SSSR count). The number of imide groups is 1. The number of rotatable bonds is 4. The van der Waals surface area contributed by atoms with Gasteiger partial charge in [0.15, 0.2) is 0 Å². The van der Waals surface area contributed by atoms with E-state index in [-0.39, 0.29) is 23.6 Å². The molecule has 1 aliphatic rings. The molecule has 0 aliphatic carbocycles. The molecule has 2 amide bonds. The van der Waals surface area contributed by atoms with Gasteiger partial charge >= 0.3 is 0 Å². The normalized spacial score (nSPS) is 17.6. The second-order valence-electron chi connectivity index (χ2n) is 5.68. The topological polar surface area (TPSA) is 70.0 Å². The zero-order valence-corrected chi connectivity index (χ0v) is 13.0. The van der Waals surface area contributed by atoms with Crippen LogP contribution in [0.3, 0.4) is 0 Å². The summed E-state index contributed by atoms with van der Waals surface area (Å²) in [6.45, 7) is 0. The van der Waals surface area contributed by atoms with Crippen LogP contribution in [0, 0.1) is 11.6 Å². The minimum Gasteiger partial charge on any atom is -0.278 e. The van der Waals surface area contributed by atoms with E-state index < -0.39 is 29.5 Å². The molecule has 0 radical (unpaired) electrons. The highest BCUT2D eigenvalue weighted by Gasteiger charge is 2.36. The third-order valence-corrected chi connectivity index (χ3v) is 3.87. The summed E-state index contributed by atoms with van der Waals surface area (Å²) in [6, 6.07) is 10.1. The van der Waals surface area contributed by atoms with Crippen LogP contribution in [-0.4, -0.2) is 33.8 Å². The van der Waals surface area contributed by atoms with Crippen molar-refractivity contribution in [1.82, 2.24) is 5.06 Å². The molecule has 2 aromatic carbocycles. The standard InChI is InChI=1S/C18H14F2N2O3/c19-13-5-1-11(2-6-13)9-15-17(23)22(25)18(24)16(21-15)10-12-3-7-14(20)8-4-12/h1-8,15,25H,9-10H2. The van der Waals surface area contributed by atoms with Crippen molar-refractivity contribution in [3.05, 3.63) is 71.3 Å². The van der Waals surface area contributed by atoms with Gasteiger partial charge in [0.2, 0.25) is 0 Å². The molecule has 0 fully saturated rings. The van der Waals surface area contributed by atoms with Crippen molar-refractivity contribution in [3.63, 3.8) is 0 Å². The Kier molecular flexibility index (Phi) is 4.67. The highest BCUT2D eigenvalue weighted by atomic mass is 19.1. The van der Waals surface area contributed by atoms with Crippen molar-refractivity contribution in [3.8, 4) is 0 Å². The van der Waals surface area contributed by atoms with Gasteiger partial charge in [-0.2, -0.15) is 0 Å². The molecular weight excluding hydrogens is 330 g/mol. The lowest BCUT2D eigenvalue weighted by Gasteiger charge is -2.24. The average Bonchev–Trinajstić information content (AvgIpc) is 2.61. The number of hydroxylamine groups is 2. The number of nitrogens with zero attached hydrogens (tertiary/aromatic N) is 2. The van der Waals surface area contributed by atoms with Gasteiger partial charge < -0.3 is 0 Å². The lowest BCUT2D eigenvalue weighted by molar-refractivity contribution is -0.176. The number of hydrogen-bond donors (Lipinski definition) is 1. The molecule has 128 valence electrons. The van der Waals surface area contributed by atoms with E-state index in [2.05, 4.69) is 4.99 Å². The molecule has 7 heteroatoms. The van der Waals surface area contributed by atoms with Crippen molar-refractivity contribution in [1.29, 1.82) is 0 Å². The average molecular weight is 344 g/mol. The molecule has 1 atom stereocenters. The molecule has 0 spiro atoms. The molecule has 5 nitrogen and oxygen atoms in total. The van der Waals surface area contributed by atoms with Gasteiger partial charge in [0.25, 0.3) is 11.8 Å². The number of hydrogen-bond acceptors (Lipinski definition) is 4. The summed E-state index contributed by atoms with van der Waals surface area (Å²) in [4.78, 5) is 28.3. The highest BCUT2D eigenvalue weighted by molar-refractivity contribution is 6.42. The fourth-order valence-electron chi connectivity index (χ4n) is 2.56. The second kappa shape index (κ2) is 6.90. The molecule has 25 heavy (non-hydrogen) atoms. The first kappa shape index (κ1) is 16.9. The minimum absolute atomic E-state index is 0.000759. The Morgan fingerprint density at radius 2 is 1.44 bits per heavy atom. The third-order valence-electron chi connectivity index (χ3n) is 3.87. The van der Waals surface area contributed by atoms with Crippen LogP contribution in [-0.2, 0) is 22.4 Å². The van der Waals surface area contributed by atoms with Gasteiger partial charge in [-0.3, -0.25) is 19.8 Å². The molecule has 0 saturated heterocycles. The lowest BCUT2D eigenvalue weighted by atomic mass is 10.0. The Morgan fingerprint density at radius 1 is 0.920 bits per heavy atom. The zero-order valence-electron chi connectivity index (χ0n) is 13.0. The molecule has 1 unspecified atom stereocenters. The largest absolute Gasteiger partial charge is 0.298 e. The van der Waals surface area contributed by atoms with Crippen LogP contribution in [0.5, 0.6) is 0 Å². The fraction of sp³-hybridized carbons (Fsp3) is 0.167. The van der Waals surface area contributed by atoms with Crippen molar-refractivity contribution in [2.45, 2.75) is 18.9 Å². The SMILES string of the molecule is O=C1C(Cc2ccc(F)cc2)=NC(Cc2ccc(F)cc2)C(=O)N1O. The van der Waals surface area contributed by atoms with Crippen LogP contribution in [0.2, 0.25) is 0 Å². The Hall–Kier alpha value is -2.93. The summed E-state index contributed by atoms with van der Waals surface area (Å²) in [5, 5.41) is 9.82. The predicted molar refractivity (Wildman–Crippen MR) is 85.1 cm³/mol.